The highest BCUT2D eigenvalue weighted by Crippen LogP contribution is 2.66. The van der Waals surface area contributed by atoms with Crippen LogP contribution in [0.3, 0.4) is 0 Å². The maximum absolute atomic E-state index is 12.9. The molecule has 1 saturated heterocycles. The van der Waals surface area contributed by atoms with Crippen molar-refractivity contribution in [3.8, 4) is 0 Å². The molecule has 1 aromatic carbocycles. The van der Waals surface area contributed by atoms with Crippen molar-refractivity contribution in [3.63, 3.8) is 0 Å². The van der Waals surface area contributed by atoms with Crippen LogP contribution in [0.1, 0.15) is 81.1 Å². The van der Waals surface area contributed by atoms with Gasteiger partial charge in [0.1, 0.15) is 5.78 Å². The van der Waals surface area contributed by atoms with Gasteiger partial charge in [-0.2, -0.15) is 0 Å². The van der Waals surface area contributed by atoms with Gasteiger partial charge >= 0.3 is 0 Å². The maximum atomic E-state index is 12.9. The summed E-state index contributed by atoms with van der Waals surface area (Å²) in [6.07, 6.45) is 15.8. The molecule has 0 spiro atoms. The predicted octanol–water partition coefficient (Wildman–Crippen LogP) is 5.97. The Hall–Kier alpha value is -2.53. The van der Waals surface area contributed by atoms with E-state index in [1.54, 1.807) is 0 Å². The third kappa shape index (κ3) is 4.65. The number of ether oxygens (including phenoxy) is 1. The molecular formula is C34H43NO4. The van der Waals surface area contributed by atoms with E-state index in [0.29, 0.717) is 56.3 Å². The van der Waals surface area contributed by atoms with E-state index >= 15 is 0 Å². The first-order chi connectivity index (χ1) is 18.8. The van der Waals surface area contributed by atoms with E-state index in [2.05, 4.69) is 31.2 Å². The van der Waals surface area contributed by atoms with E-state index in [4.69, 9.17) is 4.74 Å². The van der Waals surface area contributed by atoms with Crippen molar-refractivity contribution in [2.75, 3.05) is 26.3 Å². The average Bonchev–Trinajstić information content (AvgIpc) is 3.34. The van der Waals surface area contributed by atoms with Crippen molar-refractivity contribution in [1.82, 2.24) is 4.90 Å². The Morgan fingerprint density at radius 1 is 1.03 bits per heavy atom. The molecule has 1 aliphatic heterocycles. The van der Waals surface area contributed by atoms with Gasteiger partial charge in [0.05, 0.1) is 13.2 Å². The highest BCUT2D eigenvalue weighted by atomic mass is 16.5. The lowest BCUT2D eigenvalue weighted by Crippen LogP contribution is -2.50. The normalized spacial score (nSPS) is 35.6. The number of allylic oxidation sites excluding steroid dienone is 4. The van der Waals surface area contributed by atoms with Crippen molar-refractivity contribution < 1.29 is 19.1 Å². The number of aryl methyl sites for hydroxylation is 1. The fraction of sp³-hybridized carbons (Fsp3) is 0.618. The molecule has 6 atom stereocenters. The number of carbonyl (C=O) groups excluding carboxylic acids is 3. The van der Waals surface area contributed by atoms with E-state index < -0.39 is 0 Å². The number of carbonyl (C=O) groups is 3. The third-order valence-electron chi connectivity index (χ3n) is 11.3. The molecule has 4 aliphatic carbocycles. The number of hydrogen-bond acceptors (Lipinski definition) is 4. The van der Waals surface area contributed by atoms with Crippen LogP contribution in [0.25, 0.3) is 0 Å². The summed E-state index contributed by atoms with van der Waals surface area (Å²) in [5.74, 6) is 2.52. The number of ketones is 2. The number of nitrogens with zero attached hydrogens (tertiary/aromatic N) is 1. The van der Waals surface area contributed by atoms with Gasteiger partial charge in [-0.1, -0.05) is 31.2 Å². The van der Waals surface area contributed by atoms with Crippen LogP contribution >= 0.6 is 0 Å². The predicted molar refractivity (Wildman–Crippen MR) is 151 cm³/mol. The van der Waals surface area contributed by atoms with Gasteiger partial charge in [0.2, 0.25) is 0 Å². The van der Waals surface area contributed by atoms with Crippen LogP contribution in [-0.4, -0.2) is 48.7 Å². The largest absolute Gasteiger partial charge is 0.378 e. The van der Waals surface area contributed by atoms with Crippen molar-refractivity contribution >= 4 is 17.5 Å². The van der Waals surface area contributed by atoms with Crippen molar-refractivity contribution in [2.45, 2.75) is 71.6 Å². The standard InChI is InChI=1S/C34H43NO4/c1-23(36)29-11-12-31-28-10-9-26-22-27(37)13-16-33(26,2)30(28)14-17-34(29,31)15-3-4-24-5-7-25(8-6-24)32(38)35-18-20-39-21-19-35/h5-10,22,28-31H,3-4,11-21H2,1-2H3/t28-,29-,30-,31+,33-,34-/m1/s1. The molecule has 2 saturated carbocycles. The molecule has 1 heterocycles. The zero-order valence-corrected chi connectivity index (χ0v) is 23.6. The summed E-state index contributed by atoms with van der Waals surface area (Å²) in [6, 6.07) is 8.17. The molecule has 6 rings (SSSR count). The second-order valence-corrected chi connectivity index (χ2v) is 13.1. The molecule has 208 valence electrons. The minimum absolute atomic E-state index is 0.0889. The lowest BCUT2D eigenvalue weighted by atomic mass is 9.47. The molecule has 5 aliphatic rings. The first-order valence-electron chi connectivity index (χ1n) is 15.2. The molecular weight excluding hydrogens is 486 g/mol. The summed E-state index contributed by atoms with van der Waals surface area (Å²) in [4.78, 5) is 39.8. The Balaban J connectivity index is 1.16. The van der Waals surface area contributed by atoms with Gasteiger partial charge in [0.25, 0.3) is 5.91 Å². The van der Waals surface area contributed by atoms with Crippen LogP contribution in [0.15, 0.2) is 48.1 Å². The Bertz CT molecular complexity index is 1190. The number of rotatable bonds is 6. The smallest absolute Gasteiger partial charge is 0.254 e. The molecule has 0 bridgehead atoms. The Kier molecular flexibility index (Phi) is 7.16. The summed E-state index contributed by atoms with van der Waals surface area (Å²) in [7, 11) is 0. The van der Waals surface area contributed by atoms with Gasteiger partial charge in [0.15, 0.2) is 5.78 Å². The summed E-state index contributed by atoms with van der Waals surface area (Å²) < 4.78 is 5.38. The van der Waals surface area contributed by atoms with Crippen LogP contribution < -0.4 is 0 Å². The Labute approximate surface area is 233 Å². The number of amides is 1. The maximum Gasteiger partial charge on any atom is 0.254 e. The first-order valence-corrected chi connectivity index (χ1v) is 15.2. The lowest BCUT2D eigenvalue weighted by molar-refractivity contribution is -0.128. The molecule has 3 fully saturated rings. The topological polar surface area (TPSA) is 63.7 Å². The van der Waals surface area contributed by atoms with Gasteiger partial charge < -0.3 is 9.64 Å². The fourth-order valence-electron chi connectivity index (χ4n) is 9.29. The molecule has 1 aromatic rings. The minimum Gasteiger partial charge on any atom is -0.378 e. The number of fused-ring (bicyclic) bond motifs is 5. The van der Waals surface area contributed by atoms with Gasteiger partial charge in [0, 0.05) is 31.0 Å². The first kappa shape index (κ1) is 26.7. The molecule has 0 N–H and O–H groups in total. The van der Waals surface area contributed by atoms with Crippen LogP contribution in [0.4, 0.5) is 0 Å². The van der Waals surface area contributed by atoms with Crippen molar-refractivity contribution in [2.24, 2.45) is 34.5 Å². The van der Waals surface area contributed by atoms with Crippen LogP contribution in [0.5, 0.6) is 0 Å². The van der Waals surface area contributed by atoms with Crippen LogP contribution in [0.2, 0.25) is 0 Å². The van der Waals surface area contributed by atoms with Gasteiger partial charge in [-0.05, 0) is 116 Å². The Morgan fingerprint density at radius 2 is 1.79 bits per heavy atom. The van der Waals surface area contributed by atoms with Crippen molar-refractivity contribution in [3.05, 3.63) is 59.2 Å². The second-order valence-electron chi connectivity index (χ2n) is 13.1. The van der Waals surface area contributed by atoms with E-state index in [0.717, 1.165) is 56.9 Å². The highest BCUT2D eigenvalue weighted by Gasteiger charge is 2.60. The van der Waals surface area contributed by atoms with Crippen LogP contribution in [-0.2, 0) is 20.7 Å². The molecule has 5 nitrogen and oxygen atoms in total. The number of benzene rings is 1. The van der Waals surface area contributed by atoms with Gasteiger partial charge in [-0.15, -0.1) is 0 Å². The monoisotopic (exact) mass is 529 g/mol. The number of hydrogen-bond donors (Lipinski definition) is 0. The van der Waals surface area contributed by atoms with E-state index in [9.17, 15) is 14.4 Å². The summed E-state index contributed by atoms with van der Waals surface area (Å²) in [5.41, 5.74) is 3.43. The average molecular weight is 530 g/mol. The zero-order chi connectivity index (χ0) is 27.2. The number of Topliss-reactive ketones (excluding diaryl/α,β-unsaturated/α-hetero) is 1. The summed E-state index contributed by atoms with van der Waals surface area (Å²) in [6.45, 7) is 6.76. The molecule has 5 heteroatoms. The van der Waals surface area contributed by atoms with E-state index in [1.165, 1.54) is 11.1 Å². The van der Waals surface area contributed by atoms with E-state index in [1.807, 2.05) is 30.0 Å². The molecule has 0 unspecified atom stereocenters. The third-order valence-corrected chi connectivity index (χ3v) is 11.3. The molecule has 39 heavy (non-hydrogen) atoms. The minimum atomic E-state index is 0.0889. The summed E-state index contributed by atoms with van der Waals surface area (Å²) in [5, 5.41) is 0. The fourth-order valence-corrected chi connectivity index (χ4v) is 9.29. The number of morpholine rings is 1. The van der Waals surface area contributed by atoms with E-state index in [-0.39, 0.29) is 28.4 Å². The van der Waals surface area contributed by atoms with Gasteiger partial charge in [-0.3, -0.25) is 14.4 Å². The second kappa shape index (κ2) is 10.5. The zero-order valence-electron chi connectivity index (χ0n) is 23.6. The lowest BCUT2D eigenvalue weighted by Gasteiger charge is -2.57. The van der Waals surface area contributed by atoms with Crippen molar-refractivity contribution in [1.29, 1.82) is 0 Å². The highest BCUT2D eigenvalue weighted by molar-refractivity contribution is 5.94. The molecule has 1 amide bonds. The SMILES string of the molecule is CC(=O)[C@H]1CC[C@H]2[C@@H]3C=CC4=CC(=O)CC[C@@]4(C)[C@@H]3CC[C@]12CCCc1ccc(C(=O)N2CCOCC2)cc1. The van der Waals surface area contributed by atoms with Crippen LogP contribution in [0, 0.1) is 34.5 Å². The quantitative estimate of drug-likeness (QED) is 0.455. The summed E-state index contributed by atoms with van der Waals surface area (Å²) >= 11 is 0. The molecule has 0 aromatic heterocycles. The molecule has 0 radical (unpaired) electrons. The Morgan fingerprint density at radius 3 is 2.54 bits per heavy atom. The van der Waals surface area contributed by atoms with Gasteiger partial charge in [-0.25, -0.2) is 0 Å².